The van der Waals surface area contributed by atoms with Crippen molar-refractivity contribution in [1.29, 1.82) is 0 Å². The molecule has 0 saturated heterocycles. The Morgan fingerprint density at radius 2 is 2.00 bits per heavy atom. The lowest BCUT2D eigenvalue weighted by Gasteiger charge is -2.07. The molecule has 0 saturated carbocycles. The summed E-state index contributed by atoms with van der Waals surface area (Å²) in [4.78, 5) is 2.61. The van der Waals surface area contributed by atoms with Crippen LogP contribution in [-0.4, -0.2) is 13.5 Å². The summed E-state index contributed by atoms with van der Waals surface area (Å²) >= 11 is 8.88. The van der Waals surface area contributed by atoms with Crippen LogP contribution in [0.15, 0.2) is 52.7 Å². The fourth-order valence-corrected chi connectivity index (χ4v) is 5.34. The zero-order chi connectivity index (χ0) is 18.0. The molecule has 0 aliphatic rings. The Hall–Kier alpha value is -1.22. The SMILES string of the molecule is Cc1ccc(S(=O)(=O)NCc2ccc(C(O)c3cccs3)s2)cc1Cl. The summed E-state index contributed by atoms with van der Waals surface area (Å²) in [5, 5.41) is 12.7. The second kappa shape index (κ2) is 7.57. The zero-order valence-corrected chi connectivity index (χ0v) is 16.5. The Kier molecular flexibility index (Phi) is 5.62. The molecule has 25 heavy (non-hydrogen) atoms. The fourth-order valence-electron chi connectivity index (χ4n) is 2.21. The number of aliphatic hydroxyl groups is 1. The molecule has 132 valence electrons. The lowest BCUT2D eigenvalue weighted by molar-refractivity contribution is 0.228. The minimum absolute atomic E-state index is 0.137. The number of rotatable bonds is 6. The number of sulfonamides is 1. The van der Waals surface area contributed by atoms with E-state index in [9.17, 15) is 13.5 Å². The third-order valence-corrected chi connectivity index (χ3v) is 7.52. The molecular formula is C17H16ClNO3S3. The van der Waals surface area contributed by atoms with Crippen LogP contribution < -0.4 is 4.72 Å². The van der Waals surface area contributed by atoms with E-state index in [2.05, 4.69) is 4.72 Å². The Morgan fingerprint density at radius 1 is 1.20 bits per heavy atom. The number of aliphatic hydroxyl groups excluding tert-OH is 1. The maximum Gasteiger partial charge on any atom is 0.240 e. The summed E-state index contributed by atoms with van der Waals surface area (Å²) in [7, 11) is -3.64. The molecule has 1 atom stereocenters. The van der Waals surface area contributed by atoms with Gasteiger partial charge in [-0.15, -0.1) is 22.7 Å². The van der Waals surface area contributed by atoms with Crippen molar-refractivity contribution in [3.63, 3.8) is 0 Å². The van der Waals surface area contributed by atoms with Gasteiger partial charge in [0.05, 0.1) is 4.90 Å². The molecule has 4 nitrogen and oxygen atoms in total. The second-order valence-corrected chi connectivity index (χ2v) is 9.81. The largest absolute Gasteiger partial charge is 0.382 e. The van der Waals surface area contributed by atoms with Crippen LogP contribution in [0.2, 0.25) is 5.02 Å². The Labute approximate surface area is 159 Å². The molecule has 0 aliphatic heterocycles. The summed E-state index contributed by atoms with van der Waals surface area (Å²) in [6.45, 7) is 1.98. The number of halogens is 1. The molecule has 2 aromatic heterocycles. The number of hydrogen-bond acceptors (Lipinski definition) is 5. The van der Waals surface area contributed by atoms with Crippen LogP contribution in [0.1, 0.15) is 26.3 Å². The molecular weight excluding hydrogens is 398 g/mol. The first-order chi connectivity index (χ1) is 11.9. The van der Waals surface area contributed by atoms with E-state index in [4.69, 9.17) is 11.6 Å². The first-order valence-corrected chi connectivity index (χ1v) is 11.0. The van der Waals surface area contributed by atoms with Crippen molar-refractivity contribution in [3.05, 3.63) is 73.1 Å². The number of nitrogens with one attached hydrogen (secondary N) is 1. The monoisotopic (exact) mass is 413 g/mol. The highest BCUT2D eigenvalue weighted by atomic mass is 35.5. The molecule has 3 aromatic rings. The second-order valence-electron chi connectivity index (χ2n) is 5.46. The predicted molar refractivity (Wildman–Crippen MR) is 103 cm³/mol. The van der Waals surface area contributed by atoms with Crippen molar-refractivity contribution < 1.29 is 13.5 Å². The maximum atomic E-state index is 12.4. The van der Waals surface area contributed by atoms with Gasteiger partial charge >= 0.3 is 0 Å². The minimum Gasteiger partial charge on any atom is -0.382 e. The van der Waals surface area contributed by atoms with E-state index in [1.165, 1.54) is 34.8 Å². The molecule has 8 heteroatoms. The third-order valence-electron chi connectivity index (χ3n) is 3.65. The highest BCUT2D eigenvalue weighted by Crippen LogP contribution is 2.31. The molecule has 1 aromatic carbocycles. The van der Waals surface area contributed by atoms with Gasteiger partial charge in [-0.05, 0) is 48.2 Å². The van der Waals surface area contributed by atoms with Crippen LogP contribution in [-0.2, 0) is 16.6 Å². The number of hydrogen-bond donors (Lipinski definition) is 2. The van der Waals surface area contributed by atoms with Crippen molar-refractivity contribution >= 4 is 44.3 Å². The standard InChI is InChI=1S/C17H16ClNO3S3/c1-11-4-6-13(9-14(11)18)25(21,22)19-10-12-5-7-16(24-12)17(20)15-3-2-8-23-15/h2-9,17,19-20H,10H2,1H3. The molecule has 0 aliphatic carbocycles. The molecule has 2 N–H and O–H groups in total. The molecule has 1 unspecified atom stereocenters. The van der Waals surface area contributed by atoms with Gasteiger partial charge in [-0.3, -0.25) is 0 Å². The van der Waals surface area contributed by atoms with Gasteiger partial charge in [0.25, 0.3) is 0 Å². The number of benzene rings is 1. The van der Waals surface area contributed by atoms with Gasteiger partial charge in [-0.2, -0.15) is 0 Å². The van der Waals surface area contributed by atoms with Crippen LogP contribution in [0.5, 0.6) is 0 Å². The summed E-state index contributed by atoms with van der Waals surface area (Å²) in [5.41, 5.74) is 0.825. The van der Waals surface area contributed by atoms with Crippen molar-refractivity contribution in [1.82, 2.24) is 4.72 Å². The maximum absolute atomic E-state index is 12.4. The summed E-state index contributed by atoms with van der Waals surface area (Å²) in [5.74, 6) is 0. The Morgan fingerprint density at radius 3 is 2.68 bits per heavy atom. The quantitative estimate of drug-likeness (QED) is 0.632. The molecule has 0 amide bonds. The van der Waals surface area contributed by atoms with E-state index in [0.29, 0.717) is 5.02 Å². The normalized spacial score (nSPS) is 13.1. The van der Waals surface area contributed by atoms with Gasteiger partial charge in [0, 0.05) is 26.2 Å². The number of thiophene rings is 2. The predicted octanol–water partition coefficient (Wildman–Crippen LogP) is 4.33. The van der Waals surface area contributed by atoms with Crippen LogP contribution >= 0.6 is 34.3 Å². The number of aryl methyl sites for hydroxylation is 1. The first kappa shape index (κ1) is 18.6. The van der Waals surface area contributed by atoms with E-state index >= 15 is 0 Å². The van der Waals surface area contributed by atoms with Gasteiger partial charge < -0.3 is 5.11 Å². The van der Waals surface area contributed by atoms with E-state index in [1.807, 2.05) is 36.6 Å². The summed E-state index contributed by atoms with van der Waals surface area (Å²) < 4.78 is 27.3. The molecule has 0 radical (unpaired) electrons. The van der Waals surface area contributed by atoms with Gasteiger partial charge in [0.1, 0.15) is 6.10 Å². The molecule has 0 fully saturated rings. The van der Waals surface area contributed by atoms with Crippen molar-refractivity contribution in [2.75, 3.05) is 0 Å². The van der Waals surface area contributed by atoms with Gasteiger partial charge in [-0.1, -0.05) is 23.7 Å². The van der Waals surface area contributed by atoms with Crippen molar-refractivity contribution in [2.24, 2.45) is 0 Å². The van der Waals surface area contributed by atoms with E-state index < -0.39 is 16.1 Å². The van der Waals surface area contributed by atoms with Gasteiger partial charge in [0.2, 0.25) is 10.0 Å². The van der Waals surface area contributed by atoms with Gasteiger partial charge in [0.15, 0.2) is 0 Å². The Bertz CT molecular complexity index is 965. The topological polar surface area (TPSA) is 66.4 Å². The molecule has 0 bridgehead atoms. The summed E-state index contributed by atoms with van der Waals surface area (Å²) in [6, 6.07) is 12.1. The van der Waals surface area contributed by atoms with E-state index in [0.717, 1.165) is 20.2 Å². The van der Waals surface area contributed by atoms with E-state index in [1.54, 1.807) is 6.07 Å². The van der Waals surface area contributed by atoms with Crippen LogP contribution in [0.4, 0.5) is 0 Å². The smallest absolute Gasteiger partial charge is 0.240 e. The zero-order valence-electron chi connectivity index (χ0n) is 13.3. The van der Waals surface area contributed by atoms with E-state index in [-0.39, 0.29) is 11.4 Å². The molecule has 0 spiro atoms. The lowest BCUT2D eigenvalue weighted by Crippen LogP contribution is -2.22. The highest BCUT2D eigenvalue weighted by Gasteiger charge is 2.17. The average molecular weight is 414 g/mol. The Balaban J connectivity index is 1.70. The first-order valence-electron chi connectivity index (χ1n) is 7.43. The lowest BCUT2D eigenvalue weighted by atomic mass is 10.2. The van der Waals surface area contributed by atoms with Crippen molar-refractivity contribution in [3.8, 4) is 0 Å². The summed E-state index contributed by atoms with van der Waals surface area (Å²) in [6.07, 6.45) is -0.675. The van der Waals surface area contributed by atoms with Crippen LogP contribution in [0.25, 0.3) is 0 Å². The van der Waals surface area contributed by atoms with Crippen LogP contribution in [0, 0.1) is 6.92 Å². The third kappa shape index (κ3) is 4.31. The fraction of sp³-hybridized carbons (Fsp3) is 0.176. The average Bonchev–Trinajstić information content (AvgIpc) is 3.26. The molecule has 3 rings (SSSR count). The highest BCUT2D eigenvalue weighted by molar-refractivity contribution is 7.89. The molecule has 2 heterocycles. The minimum atomic E-state index is -3.64. The van der Waals surface area contributed by atoms with Gasteiger partial charge in [-0.25, -0.2) is 13.1 Å². The van der Waals surface area contributed by atoms with Crippen molar-refractivity contribution in [2.45, 2.75) is 24.5 Å². The van der Waals surface area contributed by atoms with Crippen LogP contribution in [0.3, 0.4) is 0 Å².